The first kappa shape index (κ1) is 18.1. The van der Waals surface area contributed by atoms with Gasteiger partial charge in [0.05, 0.1) is 0 Å². The molecule has 0 aliphatic heterocycles. The van der Waals surface area contributed by atoms with Crippen molar-refractivity contribution >= 4 is 23.2 Å². The topological polar surface area (TPSA) is 24.5 Å². The first-order valence-corrected chi connectivity index (χ1v) is 8.32. The van der Waals surface area contributed by atoms with E-state index in [9.17, 15) is 0 Å². The maximum atomic E-state index is 6.19. The molecule has 0 aromatic heterocycles. The molecule has 0 bridgehead atoms. The van der Waals surface area contributed by atoms with Crippen LogP contribution in [0.1, 0.15) is 11.1 Å². The maximum Gasteiger partial charge on any atom is 0.124 e. The van der Waals surface area contributed by atoms with Gasteiger partial charge in [0.2, 0.25) is 0 Å². The molecule has 0 radical (unpaired) electrons. The highest BCUT2D eigenvalue weighted by Crippen LogP contribution is 2.24. The predicted molar refractivity (Wildman–Crippen MR) is 97.5 cm³/mol. The molecule has 1 N–H and O–H groups in total. The molecule has 0 saturated heterocycles. The zero-order chi connectivity index (χ0) is 16.7. The summed E-state index contributed by atoms with van der Waals surface area (Å²) in [5.41, 5.74) is 2.06. The van der Waals surface area contributed by atoms with Crippen LogP contribution >= 0.6 is 23.2 Å². The van der Waals surface area contributed by atoms with Gasteiger partial charge in [-0.15, -0.1) is 0 Å². The molecule has 0 unspecified atom stereocenters. The summed E-state index contributed by atoms with van der Waals surface area (Å²) in [6.45, 7) is 3.14. The standard InChI is InChI=1S/C18H22Cl2N2O/c1-22(2)10-9-21-12-14-5-3-4-6-18(14)23-13-15-7-8-16(19)11-17(15)20/h3-8,11,21H,9-10,12-13H2,1-2H3. The summed E-state index contributed by atoms with van der Waals surface area (Å²) in [6.07, 6.45) is 0. The largest absolute Gasteiger partial charge is 0.489 e. The Balaban J connectivity index is 1.94. The van der Waals surface area contributed by atoms with Crippen molar-refractivity contribution in [2.24, 2.45) is 0 Å². The number of ether oxygens (including phenoxy) is 1. The number of likely N-dealkylation sites (N-methyl/N-ethyl adjacent to an activating group) is 1. The van der Waals surface area contributed by atoms with Gasteiger partial charge in [0, 0.05) is 40.8 Å². The van der Waals surface area contributed by atoms with Crippen molar-refractivity contribution in [3.63, 3.8) is 0 Å². The summed E-state index contributed by atoms with van der Waals surface area (Å²) in [4.78, 5) is 2.15. The minimum atomic E-state index is 0.421. The summed E-state index contributed by atoms with van der Waals surface area (Å²) in [6, 6.07) is 13.5. The Bertz CT molecular complexity index is 632. The Kier molecular flexibility index (Phi) is 7.18. The quantitative estimate of drug-likeness (QED) is 0.719. The maximum absolute atomic E-state index is 6.19. The number of hydrogen-bond donors (Lipinski definition) is 1. The second-order valence-corrected chi connectivity index (χ2v) is 6.46. The summed E-state index contributed by atoms with van der Waals surface area (Å²) < 4.78 is 5.94. The first-order valence-electron chi connectivity index (χ1n) is 7.56. The van der Waals surface area contributed by atoms with Crippen LogP contribution in [-0.4, -0.2) is 32.1 Å². The number of rotatable bonds is 8. The average Bonchev–Trinajstić information content (AvgIpc) is 2.51. The molecule has 0 atom stereocenters. The second-order valence-electron chi connectivity index (χ2n) is 5.61. The Morgan fingerprint density at radius 3 is 2.57 bits per heavy atom. The van der Waals surface area contributed by atoms with Gasteiger partial charge in [-0.2, -0.15) is 0 Å². The molecule has 124 valence electrons. The number of halogens is 2. The fraction of sp³-hybridized carbons (Fsp3) is 0.333. The first-order chi connectivity index (χ1) is 11.1. The van der Waals surface area contributed by atoms with E-state index in [1.807, 2.05) is 30.3 Å². The van der Waals surface area contributed by atoms with Crippen LogP contribution in [0.2, 0.25) is 10.0 Å². The fourth-order valence-corrected chi connectivity index (χ4v) is 2.57. The molecular formula is C18H22Cl2N2O. The van der Waals surface area contributed by atoms with Crippen LogP contribution in [0.15, 0.2) is 42.5 Å². The molecular weight excluding hydrogens is 331 g/mol. The third-order valence-electron chi connectivity index (χ3n) is 3.42. The van der Waals surface area contributed by atoms with Crippen LogP contribution in [0.4, 0.5) is 0 Å². The van der Waals surface area contributed by atoms with Crippen molar-refractivity contribution in [1.82, 2.24) is 10.2 Å². The molecule has 0 saturated carbocycles. The highest BCUT2D eigenvalue weighted by atomic mass is 35.5. The van der Waals surface area contributed by atoms with Crippen LogP contribution in [0.3, 0.4) is 0 Å². The van der Waals surface area contributed by atoms with E-state index < -0.39 is 0 Å². The van der Waals surface area contributed by atoms with Crippen molar-refractivity contribution in [1.29, 1.82) is 0 Å². The molecule has 0 aliphatic rings. The van der Waals surface area contributed by atoms with Gasteiger partial charge >= 0.3 is 0 Å². The molecule has 2 aromatic carbocycles. The normalized spacial score (nSPS) is 11.0. The monoisotopic (exact) mass is 352 g/mol. The van der Waals surface area contributed by atoms with E-state index in [0.717, 1.165) is 36.5 Å². The third kappa shape index (κ3) is 6.04. The second kappa shape index (κ2) is 9.14. The molecule has 3 nitrogen and oxygen atoms in total. The Hall–Kier alpha value is -1.26. The van der Waals surface area contributed by atoms with Gasteiger partial charge in [0.15, 0.2) is 0 Å². The average molecular weight is 353 g/mol. The predicted octanol–water partition coefficient (Wildman–Crippen LogP) is 4.22. The van der Waals surface area contributed by atoms with Gasteiger partial charge in [-0.1, -0.05) is 47.5 Å². The van der Waals surface area contributed by atoms with Crippen LogP contribution in [0, 0.1) is 0 Å². The summed E-state index contributed by atoms with van der Waals surface area (Å²) in [5.74, 6) is 0.871. The summed E-state index contributed by atoms with van der Waals surface area (Å²) >= 11 is 12.1. The Morgan fingerprint density at radius 2 is 1.83 bits per heavy atom. The minimum Gasteiger partial charge on any atom is -0.489 e. The SMILES string of the molecule is CN(C)CCNCc1ccccc1OCc1ccc(Cl)cc1Cl. The van der Waals surface area contributed by atoms with Gasteiger partial charge in [-0.05, 0) is 32.3 Å². The fourth-order valence-electron chi connectivity index (χ4n) is 2.11. The smallest absolute Gasteiger partial charge is 0.124 e. The number of benzene rings is 2. The Morgan fingerprint density at radius 1 is 1.04 bits per heavy atom. The molecule has 0 fully saturated rings. The molecule has 0 spiro atoms. The van der Waals surface area contributed by atoms with Crippen LogP contribution in [0.5, 0.6) is 5.75 Å². The van der Waals surface area contributed by atoms with Crippen molar-refractivity contribution in [2.75, 3.05) is 27.2 Å². The van der Waals surface area contributed by atoms with E-state index in [2.05, 4.69) is 30.4 Å². The lowest BCUT2D eigenvalue weighted by Gasteiger charge is -2.14. The molecule has 2 rings (SSSR count). The zero-order valence-corrected chi connectivity index (χ0v) is 15.0. The molecule has 0 heterocycles. The summed E-state index contributed by atoms with van der Waals surface area (Å²) in [5, 5.41) is 4.68. The third-order valence-corrected chi connectivity index (χ3v) is 4.01. The lowest BCUT2D eigenvalue weighted by molar-refractivity contribution is 0.302. The van der Waals surface area contributed by atoms with Crippen LogP contribution in [0.25, 0.3) is 0 Å². The number of hydrogen-bond acceptors (Lipinski definition) is 3. The van der Waals surface area contributed by atoms with E-state index in [4.69, 9.17) is 27.9 Å². The van der Waals surface area contributed by atoms with Gasteiger partial charge in [-0.3, -0.25) is 0 Å². The van der Waals surface area contributed by atoms with Crippen molar-refractivity contribution in [3.8, 4) is 5.75 Å². The molecule has 2 aromatic rings. The van der Waals surface area contributed by atoms with E-state index in [1.54, 1.807) is 6.07 Å². The van der Waals surface area contributed by atoms with Crippen molar-refractivity contribution < 1.29 is 4.74 Å². The minimum absolute atomic E-state index is 0.421. The Labute approximate surface area is 148 Å². The van der Waals surface area contributed by atoms with E-state index in [0.29, 0.717) is 16.7 Å². The lowest BCUT2D eigenvalue weighted by atomic mass is 10.2. The van der Waals surface area contributed by atoms with E-state index in [-0.39, 0.29) is 0 Å². The number of nitrogens with one attached hydrogen (secondary N) is 1. The number of nitrogens with zero attached hydrogens (tertiary/aromatic N) is 1. The molecule has 0 aliphatic carbocycles. The van der Waals surface area contributed by atoms with Gasteiger partial charge in [0.25, 0.3) is 0 Å². The highest BCUT2D eigenvalue weighted by molar-refractivity contribution is 6.35. The van der Waals surface area contributed by atoms with E-state index in [1.165, 1.54) is 0 Å². The molecule has 0 amide bonds. The van der Waals surface area contributed by atoms with Gasteiger partial charge in [-0.25, -0.2) is 0 Å². The van der Waals surface area contributed by atoms with Crippen molar-refractivity contribution in [2.45, 2.75) is 13.2 Å². The number of para-hydroxylation sites is 1. The van der Waals surface area contributed by atoms with Crippen molar-refractivity contribution in [3.05, 3.63) is 63.6 Å². The van der Waals surface area contributed by atoms with Crippen LogP contribution in [-0.2, 0) is 13.2 Å². The molecule has 23 heavy (non-hydrogen) atoms. The van der Waals surface area contributed by atoms with E-state index >= 15 is 0 Å². The summed E-state index contributed by atoms with van der Waals surface area (Å²) in [7, 11) is 4.13. The lowest BCUT2D eigenvalue weighted by Crippen LogP contribution is -2.26. The van der Waals surface area contributed by atoms with Gasteiger partial charge < -0.3 is 15.0 Å². The van der Waals surface area contributed by atoms with Gasteiger partial charge in [0.1, 0.15) is 12.4 Å². The zero-order valence-electron chi connectivity index (χ0n) is 13.5. The highest BCUT2D eigenvalue weighted by Gasteiger charge is 2.06. The van der Waals surface area contributed by atoms with Crippen LogP contribution < -0.4 is 10.1 Å². The molecule has 5 heteroatoms.